The number of halogens is 1. The maximum atomic E-state index is 12.1. The third-order valence-electron chi connectivity index (χ3n) is 3.07. The summed E-state index contributed by atoms with van der Waals surface area (Å²) >= 11 is 7.05. The van der Waals surface area contributed by atoms with Gasteiger partial charge in [-0.2, -0.15) is 4.31 Å². The Labute approximate surface area is 121 Å². The van der Waals surface area contributed by atoms with E-state index < -0.39 is 10.0 Å². The Morgan fingerprint density at radius 3 is 2.42 bits per heavy atom. The highest BCUT2D eigenvalue weighted by Gasteiger charge is 2.28. The van der Waals surface area contributed by atoms with E-state index in [9.17, 15) is 13.2 Å². The molecular formula is C11H15ClN2O3S2. The summed E-state index contributed by atoms with van der Waals surface area (Å²) in [7, 11) is -3.15. The number of amides is 1. The van der Waals surface area contributed by atoms with Gasteiger partial charge in [0.15, 0.2) is 0 Å². The highest BCUT2D eigenvalue weighted by atomic mass is 35.5. The summed E-state index contributed by atoms with van der Waals surface area (Å²) in [6, 6.07) is 3.39. The molecule has 0 spiro atoms. The van der Waals surface area contributed by atoms with Crippen molar-refractivity contribution in [2.24, 2.45) is 0 Å². The Morgan fingerprint density at radius 2 is 1.95 bits per heavy atom. The number of thiophene rings is 1. The van der Waals surface area contributed by atoms with Crippen molar-refractivity contribution in [3.63, 3.8) is 0 Å². The van der Waals surface area contributed by atoms with E-state index in [1.807, 2.05) is 0 Å². The van der Waals surface area contributed by atoms with Crippen molar-refractivity contribution in [1.29, 1.82) is 0 Å². The van der Waals surface area contributed by atoms with E-state index in [4.69, 9.17) is 11.6 Å². The Kier molecular flexibility index (Phi) is 4.50. The molecule has 1 aromatic heterocycles. The van der Waals surface area contributed by atoms with Crippen molar-refractivity contribution in [3.05, 3.63) is 21.3 Å². The Morgan fingerprint density at radius 1 is 1.32 bits per heavy atom. The van der Waals surface area contributed by atoms with Gasteiger partial charge in [-0.1, -0.05) is 11.6 Å². The van der Waals surface area contributed by atoms with Crippen LogP contribution in [0.5, 0.6) is 0 Å². The fraction of sp³-hybridized carbons (Fsp3) is 0.545. The van der Waals surface area contributed by atoms with E-state index in [1.54, 1.807) is 24.0 Å². The summed E-state index contributed by atoms with van der Waals surface area (Å²) in [6.45, 7) is 3.20. The van der Waals surface area contributed by atoms with Crippen LogP contribution < -0.4 is 0 Å². The second kappa shape index (κ2) is 5.78. The number of sulfonamides is 1. The number of rotatable bonds is 3. The van der Waals surface area contributed by atoms with Crippen LogP contribution in [0.2, 0.25) is 4.34 Å². The van der Waals surface area contributed by atoms with Gasteiger partial charge in [-0.15, -0.1) is 11.3 Å². The van der Waals surface area contributed by atoms with E-state index in [2.05, 4.69) is 0 Å². The molecule has 1 aromatic rings. The molecule has 0 bridgehead atoms. The van der Waals surface area contributed by atoms with Gasteiger partial charge in [0.2, 0.25) is 10.0 Å². The normalized spacial score (nSPS) is 17.7. The fourth-order valence-corrected chi connectivity index (χ4v) is 4.03. The lowest BCUT2D eigenvalue weighted by atomic mass is 10.3. The number of carbonyl (C=O) groups excluding carboxylic acids is 1. The molecule has 106 valence electrons. The van der Waals surface area contributed by atoms with Crippen LogP contribution in [-0.4, -0.2) is 55.5 Å². The molecule has 0 aromatic carbocycles. The van der Waals surface area contributed by atoms with E-state index in [1.165, 1.54) is 15.6 Å². The van der Waals surface area contributed by atoms with Gasteiger partial charge in [-0.25, -0.2) is 8.42 Å². The van der Waals surface area contributed by atoms with Crippen molar-refractivity contribution in [2.45, 2.75) is 6.92 Å². The maximum Gasteiger partial charge on any atom is 0.264 e. The van der Waals surface area contributed by atoms with Crippen molar-refractivity contribution < 1.29 is 13.2 Å². The summed E-state index contributed by atoms with van der Waals surface area (Å²) in [4.78, 5) is 14.4. The molecule has 19 heavy (non-hydrogen) atoms. The molecule has 0 N–H and O–H groups in total. The Hall–Kier alpha value is -0.630. The van der Waals surface area contributed by atoms with Gasteiger partial charge in [-0.3, -0.25) is 4.79 Å². The Balaban J connectivity index is 1.99. The predicted octanol–water partition coefficient (Wildman–Crippen LogP) is 1.51. The summed E-state index contributed by atoms with van der Waals surface area (Å²) in [6.07, 6.45) is 0. The number of hydrogen-bond acceptors (Lipinski definition) is 4. The maximum absolute atomic E-state index is 12.1. The molecule has 0 unspecified atom stereocenters. The first kappa shape index (κ1) is 14.8. The van der Waals surface area contributed by atoms with Crippen LogP contribution in [-0.2, 0) is 10.0 Å². The molecule has 0 aliphatic carbocycles. The molecule has 0 saturated carbocycles. The van der Waals surface area contributed by atoms with Crippen molar-refractivity contribution >= 4 is 38.9 Å². The highest BCUT2D eigenvalue weighted by molar-refractivity contribution is 7.89. The van der Waals surface area contributed by atoms with Gasteiger partial charge in [-0.05, 0) is 19.1 Å². The molecule has 1 amide bonds. The SMILES string of the molecule is CCS(=O)(=O)N1CCN(C(=O)c2ccc(Cl)s2)CC1. The lowest BCUT2D eigenvalue weighted by Gasteiger charge is -2.33. The molecule has 2 heterocycles. The summed E-state index contributed by atoms with van der Waals surface area (Å²) in [5, 5.41) is 0. The molecule has 1 saturated heterocycles. The molecule has 0 atom stereocenters. The van der Waals surface area contributed by atoms with Gasteiger partial charge in [0.25, 0.3) is 5.91 Å². The third-order valence-corrected chi connectivity index (χ3v) is 6.17. The molecule has 0 radical (unpaired) electrons. The molecule has 1 aliphatic heterocycles. The summed E-state index contributed by atoms with van der Waals surface area (Å²) in [5.41, 5.74) is 0. The summed E-state index contributed by atoms with van der Waals surface area (Å²) in [5.74, 6) is 0.0204. The highest BCUT2D eigenvalue weighted by Crippen LogP contribution is 2.23. The van der Waals surface area contributed by atoms with Crippen LogP contribution in [0.15, 0.2) is 12.1 Å². The average molecular weight is 323 g/mol. The van der Waals surface area contributed by atoms with Gasteiger partial charge in [0.05, 0.1) is 15.0 Å². The van der Waals surface area contributed by atoms with Crippen LogP contribution in [0, 0.1) is 0 Å². The first-order valence-corrected chi connectivity index (χ1v) is 8.77. The monoisotopic (exact) mass is 322 g/mol. The van der Waals surface area contributed by atoms with E-state index in [-0.39, 0.29) is 11.7 Å². The largest absolute Gasteiger partial charge is 0.335 e. The lowest BCUT2D eigenvalue weighted by molar-refractivity contribution is 0.0703. The van der Waals surface area contributed by atoms with Gasteiger partial charge in [0.1, 0.15) is 0 Å². The minimum Gasteiger partial charge on any atom is -0.335 e. The molecule has 1 aliphatic rings. The van der Waals surface area contributed by atoms with E-state index in [0.717, 1.165) is 0 Å². The quantitative estimate of drug-likeness (QED) is 0.847. The van der Waals surface area contributed by atoms with Crippen LogP contribution in [0.4, 0.5) is 0 Å². The first-order chi connectivity index (χ1) is 8.94. The van der Waals surface area contributed by atoms with E-state index >= 15 is 0 Å². The molecule has 5 nitrogen and oxygen atoms in total. The number of carbonyl (C=O) groups is 1. The van der Waals surface area contributed by atoms with Crippen LogP contribution in [0.3, 0.4) is 0 Å². The van der Waals surface area contributed by atoms with Gasteiger partial charge in [0, 0.05) is 26.2 Å². The minimum absolute atomic E-state index is 0.0783. The number of nitrogens with zero attached hydrogens (tertiary/aromatic N) is 2. The Bertz CT molecular complexity index is 562. The predicted molar refractivity (Wildman–Crippen MR) is 76.3 cm³/mol. The van der Waals surface area contributed by atoms with Crippen LogP contribution >= 0.6 is 22.9 Å². The van der Waals surface area contributed by atoms with Gasteiger partial charge < -0.3 is 4.90 Å². The zero-order chi connectivity index (χ0) is 14.0. The fourth-order valence-electron chi connectivity index (χ4n) is 1.94. The molecule has 8 heteroatoms. The second-order valence-corrected chi connectivity index (χ2v) is 8.17. The van der Waals surface area contributed by atoms with Crippen LogP contribution in [0.1, 0.15) is 16.6 Å². The zero-order valence-corrected chi connectivity index (χ0v) is 12.9. The lowest BCUT2D eigenvalue weighted by Crippen LogP contribution is -2.50. The smallest absolute Gasteiger partial charge is 0.264 e. The summed E-state index contributed by atoms with van der Waals surface area (Å²) < 4.78 is 25.4. The van der Waals surface area contributed by atoms with E-state index in [0.29, 0.717) is 35.4 Å². The first-order valence-electron chi connectivity index (χ1n) is 5.96. The average Bonchev–Trinajstić information content (AvgIpc) is 2.85. The van der Waals surface area contributed by atoms with Crippen molar-refractivity contribution in [2.75, 3.05) is 31.9 Å². The number of piperazine rings is 1. The molecule has 2 rings (SSSR count). The van der Waals surface area contributed by atoms with Crippen molar-refractivity contribution in [1.82, 2.24) is 9.21 Å². The molecule has 1 fully saturated rings. The van der Waals surface area contributed by atoms with Crippen molar-refractivity contribution in [3.8, 4) is 0 Å². The number of hydrogen-bond donors (Lipinski definition) is 0. The standard InChI is InChI=1S/C11H15ClN2O3S2/c1-2-19(16,17)14-7-5-13(6-8-14)11(15)9-3-4-10(12)18-9/h3-4H,2,5-8H2,1H3. The minimum atomic E-state index is -3.15. The third kappa shape index (κ3) is 3.28. The molecular weight excluding hydrogens is 308 g/mol. The second-order valence-electron chi connectivity index (χ2n) is 4.20. The van der Waals surface area contributed by atoms with Gasteiger partial charge >= 0.3 is 0 Å². The van der Waals surface area contributed by atoms with Crippen LogP contribution in [0.25, 0.3) is 0 Å². The topological polar surface area (TPSA) is 57.7 Å². The zero-order valence-electron chi connectivity index (χ0n) is 10.5.